The van der Waals surface area contributed by atoms with Crippen molar-refractivity contribution in [3.63, 3.8) is 0 Å². The molecular weight excluding hydrogens is 264 g/mol. The van der Waals surface area contributed by atoms with Gasteiger partial charge in [0.1, 0.15) is 0 Å². The molecule has 1 N–H and O–H groups in total. The number of ether oxygens (including phenoxy) is 1. The number of hydrogen-bond donors (Lipinski definition) is 1. The lowest BCUT2D eigenvalue weighted by Gasteiger charge is -2.39. The van der Waals surface area contributed by atoms with Crippen molar-refractivity contribution in [2.24, 2.45) is 7.05 Å². The van der Waals surface area contributed by atoms with Crippen LogP contribution >= 0.6 is 0 Å². The number of rotatable bonds is 6. The minimum Gasteiger partial charge on any atom is -0.374 e. The molecule has 2 fully saturated rings. The summed E-state index contributed by atoms with van der Waals surface area (Å²) >= 11 is 0. The van der Waals surface area contributed by atoms with Crippen molar-refractivity contribution in [3.8, 4) is 0 Å². The van der Waals surface area contributed by atoms with Gasteiger partial charge in [0, 0.05) is 31.9 Å². The quantitative estimate of drug-likeness (QED) is 0.855. The molecule has 3 rings (SSSR count). The number of aromatic nitrogens is 2. The zero-order valence-corrected chi connectivity index (χ0v) is 13.3. The fourth-order valence-corrected chi connectivity index (χ4v) is 3.58. The number of morpholine rings is 1. The van der Waals surface area contributed by atoms with E-state index in [9.17, 15) is 0 Å². The summed E-state index contributed by atoms with van der Waals surface area (Å²) in [6.45, 7) is 6.49. The van der Waals surface area contributed by atoms with Gasteiger partial charge in [0.15, 0.2) is 0 Å². The van der Waals surface area contributed by atoms with Crippen molar-refractivity contribution >= 4 is 0 Å². The van der Waals surface area contributed by atoms with Crippen LogP contribution in [0.5, 0.6) is 0 Å². The molecule has 0 amide bonds. The second kappa shape index (κ2) is 6.90. The van der Waals surface area contributed by atoms with Crippen LogP contribution in [0.2, 0.25) is 0 Å². The van der Waals surface area contributed by atoms with Crippen LogP contribution < -0.4 is 5.32 Å². The minimum atomic E-state index is 0.297. The lowest BCUT2D eigenvalue weighted by Crippen LogP contribution is -2.55. The third-order valence-corrected chi connectivity index (χ3v) is 4.74. The van der Waals surface area contributed by atoms with Crippen LogP contribution in [-0.4, -0.2) is 59.1 Å². The molecule has 0 aromatic carbocycles. The van der Waals surface area contributed by atoms with E-state index in [4.69, 9.17) is 4.74 Å². The second-order valence-corrected chi connectivity index (χ2v) is 6.45. The molecule has 0 radical (unpaired) electrons. The van der Waals surface area contributed by atoms with Gasteiger partial charge in [-0.15, -0.1) is 0 Å². The number of hydrogen-bond acceptors (Lipinski definition) is 4. The van der Waals surface area contributed by atoms with Gasteiger partial charge in [0.05, 0.1) is 18.9 Å². The molecule has 5 nitrogen and oxygen atoms in total. The lowest BCUT2D eigenvalue weighted by molar-refractivity contribution is -0.0643. The predicted molar refractivity (Wildman–Crippen MR) is 83.3 cm³/mol. The van der Waals surface area contributed by atoms with Gasteiger partial charge >= 0.3 is 0 Å². The molecule has 2 aliphatic heterocycles. The summed E-state index contributed by atoms with van der Waals surface area (Å²) in [4.78, 5) is 2.62. The molecule has 3 heterocycles. The Bertz CT molecular complexity index is 447. The number of aryl methyl sites for hydroxylation is 1. The first kappa shape index (κ1) is 15.0. The molecule has 3 unspecified atom stereocenters. The highest BCUT2D eigenvalue weighted by atomic mass is 16.5. The summed E-state index contributed by atoms with van der Waals surface area (Å²) in [5.74, 6) is 0. The summed E-state index contributed by atoms with van der Waals surface area (Å²) in [5, 5.41) is 7.97. The van der Waals surface area contributed by atoms with Gasteiger partial charge in [-0.2, -0.15) is 5.10 Å². The van der Waals surface area contributed by atoms with E-state index in [1.165, 1.54) is 24.9 Å². The average molecular weight is 292 g/mol. The zero-order chi connectivity index (χ0) is 14.7. The zero-order valence-electron chi connectivity index (χ0n) is 13.3. The number of fused-ring (bicyclic) bond motifs is 1. The summed E-state index contributed by atoms with van der Waals surface area (Å²) in [7, 11) is 1.98. The Morgan fingerprint density at radius 2 is 2.43 bits per heavy atom. The Kier molecular flexibility index (Phi) is 4.93. The topological polar surface area (TPSA) is 42.3 Å². The molecule has 1 aromatic heterocycles. The first-order valence-corrected chi connectivity index (χ1v) is 8.33. The average Bonchev–Trinajstić information content (AvgIpc) is 3.11. The van der Waals surface area contributed by atoms with Gasteiger partial charge in [-0.25, -0.2) is 0 Å². The molecule has 1 aromatic rings. The fourth-order valence-electron chi connectivity index (χ4n) is 3.58. The fraction of sp³-hybridized carbons (Fsp3) is 0.812. The van der Waals surface area contributed by atoms with Crippen molar-refractivity contribution in [2.75, 3.05) is 26.2 Å². The van der Waals surface area contributed by atoms with Crippen LogP contribution in [0.15, 0.2) is 12.4 Å². The van der Waals surface area contributed by atoms with E-state index in [-0.39, 0.29) is 0 Å². The van der Waals surface area contributed by atoms with Gasteiger partial charge in [0.2, 0.25) is 0 Å². The van der Waals surface area contributed by atoms with E-state index in [2.05, 4.69) is 28.4 Å². The molecule has 21 heavy (non-hydrogen) atoms. The smallest absolute Gasteiger partial charge is 0.0858 e. The van der Waals surface area contributed by atoms with E-state index in [1.54, 1.807) is 0 Å². The summed E-state index contributed by atoms with van der Waals surface area (Å²) in [6.07, 6.45) is 9.17. The van der Waals surface area contributed by atoms with E-state index in [0.29, 0.717) is 18.2 Å². The maximum absolute atomic E-state index is 6.20. The summed E-state index contributed by atoms with van der Waals surface area (Å²) in [5.41, 5.74) is 1.29. The van der Waals surface area contributed by atoms with Gasteiger partial charge < -0.3 is 10.1 Å². The molecule has 5 heteroatoms. The first-order chi connectivity index (χ1) is 10.3. The molecular formula is C16H28N4O. The second-order valence-electron chi connectivity index (χ2n) is 6.45. The van der Waals surface area contributed by atoms with Gasteiger partial charge in [-0.1, -0.05) is 6.92 Å². The largest absolute Gasteiger partial charge is 0.374 e. The van der Waals surface area contributed by atoms with Crippen LogP contribution in [-0.2, 0) is 18.2 Å². The Morgan fingerprint density at radius 1 is 1.52 bits per heavy atom. The predicted octanol–water partition coefficient (Wildman–Crippen LogP) is 1.19. The molecule has 118 valence electrons. The molecule has 0 aliphatic carbocycles. The van der Waals surface area contributed by atoms with E-state index in [1.807, 2.05) is 17.9 Å². The highest BCUT2D eigenvalue weighted by Crippen LogP contribution is 2.24. The number of nitrogens with zero attached hydrogens (tertiary/aromatic N) is 3. The normalized spacial score (nSPS) is 27.7. The molecule has 2 saturated heterocycles. The van der Waals surface area contributed by atoms with Crippen LogP contribution in [0.25, 0.3) is 0 Å². The highest BCUT2D eigenvalue weighted by Gasteiger charge is 2.35. The van der Waals surface area contributed by atoms with E-state index in [0.717, 1.165) is 32.5 Å². The Morgan fingerprint density at radius 3 is 3.19 bits per heavy atom. The van der Waals surface area contributed by atoms with Gasteiger partial charge in [-0.3, -0.25) is 9.58 Å². The number of nitrogens with one attached hydrogen (secondary N) is 1. The molecule has 0 saturated carbocycles. The molecule has 3 atom stereocenters. The van der Waals surface area contributed by atoms with Crippen LogP contribution in [0.1, 0.15) is 31.7 Å². The van der Waals surface area contributed by atoms with Crippen molar-refractivity contribution < 1.29 is 4.74 Å². The van der Waals surface area contributed by atoms with Crippen LogP contribution in [0, 0.1) is 0 Å². The van der Waals surface area contributed by atoms with Crippen molar-refractivity contribution in [2.45, 2.75) is 50.8 Å². The summed E-state index contributed by atoms with van der Waals surface area (Å²) < 4.78 is 8.08. The molecule has 0 spiro atoms. The summed E-state index contributed by atoms with van der Waals surface area (Å²) in [6, 6.07) is 1.06. The standard InChI is InChI=1S/C16H28N4O/c1-3-6-17-15(8-13-9-18-19(2)10-13)16-11-20-7-4-5-14(20)12-21-16/h9-10,14-17H,3-8,11-12H2,1-2H3. The minimum absolute atomic E-state index is 0.297. The van der Waals surface area contributed by atoms with Crippen molar-refractivity contribution in [1.82, 2.24) is 20.0 Å². The van der Waals surface area contributed by atoms with Crippen LogP contribution in [0.3, 0.4) is 0 Å². The Labute approximate surface area is 127 Å². The molecule has 0 bridgehead atoms. The third kappa shape index (κ3) is 3.65. The van der Waals surface area contributed by atoms with Crippen molar-refractivity contribution in [1.29, 1.82) is 0 Å². The van der Waals surface area contributed by atoms with Gasteiger partial charge in [-0.05, 0) is 44.3 Å². The highest BCUT2D eigenvalue weighted by molar-refractivity contribution is 5.07. The van der Waals surface area contributed by atoms with Gasteiger partial charge in [0.25, 0.3) is 0 Å². The first-order valence-electron chi connectivity index (χ1n) is 8.33. The lowest BCUT2D eigenvalue weighted by atomic mass is 10.0. The van der Waals surface area contributed by atoms with Crippen LogP contribution in [0.4, 0.5) is 0 Å². The van der Waals surface area contributed by atoms with E-state index >= 15 is 0 Å². The maximum Gasteiger partial charge on any atom is 0.0858 e. The third-order valence-electron chi connectivity index (χ3n) is 4.74. The van der Waals surface area contributed by atoms with E-state index < -0.39 is 0 Å². The molecule has 2 aliphatic rings. The van der Waals surface area contributed by atoms with Crippen molar-refractivity contribution in [3.05, 3.63) is 18.0 Å². The SMILES string of the molecule is CCCNC(Cc1cnn(C)c1)C1CN2CCCC2CO1. The maximum atomic E-state index is 6.20. The monoisotopic (exact) mass is 292 g/mol. The Hall–Kier alpha value is -0.910. The Balaban J connectivity index is 1.63.